The first-order valence-electron chi connectivity index (χ1n) is 12.9. The minimum atomic E-state index is -0.446. The molecule has 1 N–H and O–H groups in total. The van der Waals surface area contributed by atoms with E-state index in [0.29, 0.717) is 26.2 Å². The Bertz CT molecular complexity index is 1220. The number of carbonyl (C=O) groups excluding carboxylic acids is 2. The third-order valence-corrected chi connectivity index (χ3v) is 7.95. The second-order valence-corrected chi connectivity index (χ2v) is 10.7. The van der Waals surface area contributed by atoms with Crippen LogP contribution in [0.1, 0.15) is 54.9 Å². The summed E-state index contributed by atoms with van der Waals surface area (Å²) in [6.07, 6.45) is 8.58. The summed E-state index contributed by atoms with van der Waals surface area (Å²) < 4.78 is 0. The average Bonchev–Trinajstić information content (AvgIpc) is 3.44. The molecule has 3 heterocycles. The van der Waals surface area contributed by atoms with Crippen molar-refractivity contribution in [2.45, 2.75) is 58.3 Å². The van der Waals surface area contributed by atoms with E-state index < -0.39 is 5.41 Å². The summed E-state index contributed by atoms with van der Waals surface area (Å²) in [6.45, 7) is 8.39. The predicted octanol–water partition coefficient (Wildman–Crippen LogP) is 4.54. The molecule has 2 amide bonds. The number of carbonyl (C=O) groups is 2. The quantitative estimate of drug-likeness (QED) is 0.606. The lowest BCUT2D eigenvalue weighted by molar-refractivity contribution is -0.138. The second-order valence-electron chi connectivity index (χ2n) is 10.7. The maximum Gasteiger partial charge on any atom is 0.233 e. The molecule has 3 aromatic rings. The van der Waals surface area contributed by atoms with Gasteiger partial charge in [0, 0.05) is 50.9 Å². The van der Waals surface area contributed by atoms with Crippen LogP contribution < -0.4 is 0 Å². The highest BCUT2D eigenvalue weighted by atomic mass is 16.2. The van der Waals surface area contributed by atoms with Crippen LogP contribution in [-0.2, 0) is 21.4 Å². The van der Waals surface area contributed by atoms with Crippen molar-refractivity contribution in [2.24, 2.45) is 5.92 Å². The van der Waals surface area contributed by atoms with Crippen LogP contribution in [0.5, 0.6) is 0 Å². The van der Waals surface area contributed by atoms with Crippen LogP contribution in [0.3, 0.4) is 0 Å². The van der Waals surface area contributed by atoms with Crippen LogP contribution in [-0.4, -0.2) is 57.8 Å². The van der Waals surface area contributed by atoms with E-state index in [0.717, 1.165) is 48.7 Å². The number of hydrogen-bond acceptors (Lipinski definition) is 3. The Morgan fingerprint density at radius 2 is 1.71 bits per heavy atom. The SMILES string of the molecule is CC(=O)N1CCN(C(=O)C2(c3cc(C)cc(C)c3)CCCC2)C[C@H](Cc2cnc3[nH]ccc3c2)C1. The van der Waals surface area contributed by atoms with Crippen LogP contribution in [0.25, 0.3) is 11.0 Å². The number of aromatic nitrogens is 2. The van der Waals surface area contributed by atoms with Gasteiger partial charge in [0.05, 0.1) is 5.41 Å². The minimum absolute atomic E-state index is 0.0772. The summed E-state index contributed by atoms with van der Waals surface area (Å²) in [6, 6.07) is 10.8. The minimum Gasteiger partial charge on any atom is -0.346 e. The number of aromatic amines is 1. The predicted molar refractivity (Wildman–Crippen MR) is 138 cm³/mol. The lowest BCUT2D eigenvalue weighted by Crippen LogP contribution is -2.48. The molecule has 184 valence electrons. The summed E-state index contributed by atoms with van der Waals surface area (Å²) in [5.41, 5.74) is 5.17. The Labute approximate surface area is 207 Å². The molecule has 35 heavy (non-hydrogen) atoms. The van der Waals surface area contributed by atoms with Crippen molar-refractivity contribution < 1.29 is 9.59 Å². The second kappa shape index (κ2) is 9.48. The highest BCUT2D eigenvalue weighted by Gasteiger charge is 2.46. The number of benzene rings is 1. The lowest BCUT2D eigenvalue weighted by Gasteiger charge is -2.36. The van der Waals surface area contributed by atoms with Gasteiger partial charge in [-0.15, -0.1) is 0 Å². The molecule has 1 aliphatic carbocycles. The van der Waals surface area contributed by atoms with E-state index in [-0.39, 0.29) is 17.7 Å². The fourth-order valence-corrected chi connectivity index (χ4v) is 6.29. The molecule has 2 aromatic heterocycles. The van der Waals surface area contributed by atoms with Crippen molar-refractivity contribution in [3.8, 4) is 0 Å². The molecule has 0 bridgehead atoms. The van der Waals surface area contributed by atoms with Crippen molar-refractivity contribution in [1.29, 1.82) is 0 Å². The highest BCUT2D eigenvalue weighted by molar-refractivity contribution is 5.89. The van der Waals surface area contributed by atoms with Crippen molar-refractivity contribution in [1.82, 2.24) is 19.8 Å². The molecule has 1 aromatic carbocycles. The Morgan fingerprint density at radius 1 is 1.03 bits per heavy atom. The van der Waals surface area contributed by atoms with Crippen molar-refractivity contribution in [2.75, 3.05) is 26.2 Å². The van der Waals surface area contributed by atoms with Gasteiger partial charge in [-0.05, 0) is 62.3 Å². The van der Waals surface area contributed by atoms with Gasteiger partial charge in [0.2, 0.25) is 11.8 Å². The van der Waals surface area contributed by atoms with Crippen LogP contribution in [0.4, 0.5) is 0 Å². The molecule has 1 saturated carbocycles. The van der Waals surface area contributed by atoms with Crippen molar-refractivity contribution in [3.05, 3.63) is 65.0 Å². The van der Waals surface area contributed by atoms with E-state index in [1.807, 2.05) is 23.4 Å². The molecule has 6 heteroatoms. The fourth-order valence-electron chi connectivity index (χ4n) is 6.29. The summed E-state index contributed by atoms with van der Waals surface area (Å²) in [5.74, 6) is 0.490. The highest BCUT2D eigenvalue weighted by Crippen LogP contribution is 2.43. The molecule has 2 fully saturated rings. The molecule has 2 aliphatic rings. The Hall–Kier alpha value is -3.15. The number of aryl methyl sites for hydroxylation is 2. The molecule has 6 nitrogen and oxygen atoms in total. The van der Waals surface area contributed by atoms with Gasteiger partial charge in [-0.25, -0.2) is 4.98 Å². The summed E-state index contributed by atoms with van der Waals surface area (Å²) in [5, 5.41) is 1.09. The van der Waals surface area contributed by atoms with Gasteiger partial charge in [0.15, 0.2) is 0 Å². The fraction of sp³-hybridized carbons (Fsp3) is 0.483. The lowest BCUT2D eigenvalue weighted by atomic mass is 9.76. The molecule has 0 radical (unpaired) electrons. The van der Waals surface area contributed by atoms with E-state index in [2.05, 4.69) is 53.0 Å². The van der Waals surface area contributed by atoms with E-state index in [4.69, 9.17) is 0 Å². The maximum atomic E-state index is 14.3. The zero-order chi connectivity index (χ0) is 24.6. The van der Waals surface area contributed by atoms with Crippen LogP contribution in [0.15, 0.2) is 42.7 Å². The monoisotopic (exact) mass is 472 g/mol. The normalized spacial score (nSPS) is 20.3. The summed E-state index contributed by atoms with van der Waals surface area (Å²) >= 11 is 0. The first kappa shape index (κ1) is 23.6. The number of nitrogens with one attached hydrogen (secondary N) is 1. The van der Waals surface area contributed by atoms with E-state index in [1.165, 1.54) is 16.7 Å². The third-order valence-electron chi connectivity index (χ3n) is 7.95. The van der Waals surface area contributed by atoms with Gasteiger partial charge in [-0.2, -0.15) is 0 Å². The smallest absolute Gasteiger partial charge is 0.233 e. The van der Waals surface area contributed by atoms with Gasteiger partial charge < -0.3 is 14.8 Å². The molecular formula is C29H36N4O2. The molecule has 1 saturated heterocycles. The van der Waals surface area contributed by atoms with Gasteiger partial charge >= 0.3 is 0 Å². The Kier molecular flexibility index (Phi) is 6.39. The van der Waals surface area contributed by atoms with E-state index in [9.17, 15) is 9.59 Å². The van der Waals surface area contributed by atoms with Gasteiger partial charge in [0.25, 0.3) is 0 Å². The number of fused-ring (bicyclic) bond motifs is 1. The van der Waals surface area contributed by atoms with Crippen molar-refractivity contribution in [3.63, 3.8) is 0 Å². The standard InChI is InChI=1S/C29H36N4O2/c1-20-12-21(2)14-26(13-20)29(7-4-5-8-29)28(35)33-11-10-32(22(3)34)18-24(19-33)15-23-16-25-6-9-30-27(25)31-17-23/h6,9,12-14,16-17,24H,4-5,7-8,10-11,15,18-19H2,1-3H3,(H,30,31)/t24-/m1/s1. The number of rotatable bonds is 4. The third kappa shape index (κ3) is 4.71. The number of H-pyrrole nitrogens is 1. The molecular weight excluding hydrogens is 436 g/mol. The molecule has 1 atom stereocenters. The zero-order valence-electron chi connectivity index (χ0n) is 21.1. The first-order valence-corrected chi connectivity index (χ1v) is 12.9. The average molecular weight is 473 g/mol. The molecule has 0 spiro atoms. The van der Waals surface area contributed by atoms with Crippen LogP contribution in [0.2, 0.25) is 0 Å². The largest absolute Gasteiger partial charge is 0.346 e. The van der Waals surface area contributed by atoms with E-state index >= 15 is 0 Å². The van der Waals surface area contributed by atoms with Crippen molar-refractivity contribution >= 4 is 22.8 Å². The van der Waals surface area contributed by atoms with Crippen LogP contribution in [0, 0.1) is 19.8 Å². The van der Waals surface area contributed by atoms with Crippen LogP contribution >= 0.6 is 0 Å². The number of nitrogens with zero attached hydrogens (tertiary/aromatic N) is 3. The molecule has 1 aliphatic heterocycles. The number of pyridine rings is 1. The number of hydrogen-bond donors (Lipinski definition) is 1. The zero-order valence-corrected chi connectivity index (χ0v) is 21.1. The van der Waals surface area contributed by atoms with Gasteiger partial charge in [-0.1, -0.05) is 42.2 Å². The first-order chi connectivity index (χ1) is 16.8. The van der Waals surface area contributed by atoms with Gasteiger partial charge in [-0.3, -0.25) is 9.59 Å². The topological polar surface area (TPSA) is 69.3 Å². The maximum absolute atomic E-state index is 14.3. The summed E-state index contributed by atoms with van der Waals surface area (Å²) in [4.78, 5) is 38.4. The van der Waals surface area contributed by atoms with Gasteiger partial charge in [0.1, 0.15) is 5.65 Å². The molecule has 5 rings (SSSR count). The number of amides is 2. The van der Waals surface area contributed by atoms with E-state index in [1.54, 1.807) is 6.92 Å². The summed E-state index contributed by atoms with van der Waals surface area (Å²) in [7, 11) is 0. The Morgan fingerprint density at radius 3 is 2.43 bits per heavy atom. The Balaban J connectivity index is 1.44. The molecule has 0 unspecified atom stereocenters.